The van der Waals surface area contributed by atoms with Crippen molar-refractivity contribution in [3.05, 3.63) is 0 Å². The van der Waals surface area contributed by atoms with Crippen LogP contribution < -0.4 is 16.4 Å². The fourth-order valence-corrected chi connectivity index (χ4v) is 0.700. The molecule has 0 aromatic heterocycles. The van der Waals surface area contributed by atoms with Crippen molar-refractivity contribution in [3.8, 4) is 0 Å². The first-order valence-corrected chi connectivity index (χ1v) is 3.86. The molecule has 0 unspecified atom stereocenters. The highest BCUT2D eigenvalue weighted by Crippen LogP contribution is 1.85. The van der Waals surface area contributed by atoms with Crippen molar-refractivity contribution in [1.82, 2.24) is 10.6 Å². The molecule has 0 spiro atoms. The number of nitrogens with two attached hydrogens (primary N) is 1. The normalized spacial score (nSPS) is 9.42. The van der Waals surface area contributed by atoms with E-state index in [1.807, 2.05) is 7.05 Å². The van der Waals surface area contributed by atoms with E-state index in [2.05, 4.69) is 10.6 Å². The second-order valence-corrected chi connectivity index (χ2v) is 2.45. The molecule has 0 heterocycles. The smallest absolute Gasteiger partial charge is 0.236 e. The molecule has 0 atom stereocenters. The molecule has 2 amide bonds. The maximum Gasteiger partial charge on any atom is 0.236 e. The summed E-state index contributed by atoms with van der Waals surface area (Å²) in [6, 6.07) is 0. The Hall–Kier alpha value is -1.10. The Kier molecular flexibility index (Phi) is 6.00. The zero-order chi connectivity index (χ0) is 9.40. The van der Waals surface area contributed by atoms with Crippen molar-refractivity contribution in [3.63, 3.8) is 0 Å². The summed E-state index contributed by atoms with van der Waals surface area (Å²) >= 11 is 0. The third-order valence-electron chi connectivity index (χ3n) is 1.29. The van der Waals surface area contributed by atoms with Crippen LogP contribution in [0, 0.1) is 0 Å². The van der Waals surface area contributed by atoms with E-state index in [0.717, 1.165) is 13.0 Å². The molecule has 0 aromatic carbocycles. The molecule has 0 aliphatic carbocycles. The van der Waals surface area contributed by atoms with Gasteiger partial charge < -0.3 is 16.4 Å². The van der Waals surface area contributed by atoms with E-state index in [4.69, 9.17) is 5.73 Å². The number of nitrogens with one attached hydrogen (secondary N) is 2. The fourth-order valence-electron chi connectivity index (χ4n) is 0.700. The van der Waals surface area contributed by atoms with E-state index in [1.54, 1.807) is 0 Å². The molecule has 0 rings (SSSR count). The predicted octanol–water partition coefficient (Wildman–Crippen LogP) is -1.41. The van der Waals surface area contributed by atoms with Crippen LogP contribution in [0.1, 0.15) is 12.8 Å². The average Bonchev–Trinajstić information content (AvgIpc) is 2.01. The highest BCUT2D eigenvalue weighted by Gasteiger charge is 2.00. The van der Waals surface area contributed by atoms with E-state index in [0.29, 0.717) is 6.42 Å². The van der Waals surface area contributed by atoms with Crippen LogP contribution in [0.4, 0.5) is 0 Å². The zero-order valence-electron chi connectivity index (χ0n) is 7.22. The molecule has 0 radical (unpaired) electrons. The van der Waals surface area contributed by atoms with Crippen LogP contribution in [0.5, 0.6) is 0 Å². The van der Waals surface area contributed by atoms with Gasteiger partial charge in [-0.1, -0.05) is 0 Å². The minimum atomic E-state index is -0.517. The topological polar surface area (TPSA) is 84.2 Å². The highest BCUT2D eigenvalue weighted by atomic mass is 16.2. The summed E-state index contributed by atoms with van der Waals surface area (Å²) < 4.78 is 0. The van der Waals surface area contributed by atoms with Crippen molar-refractivity contribution in [2.45, 2.75) is 12.8 Å². The summed E-state index contributed by atoms with van der Waals surface area (Å²) in [4.78, 5) is 21.1. The molecular formula is C7H15N3O2. The Labute approximate surface area is 71.7 Å². The number of primary amides is 1. The van der Waals surface area contributed by atoms with Gasteiger partial charge in [0.25, 0.3) is 0 Å². The van der Waals surface area contributed by atoms with E-state index >= 15 is 0 Å². The maximum absolute atomic E-state index is 10.9. The molecule has 0 aromatic rings. The lowest BCUT2D eigenvalue weighted by molar-refractivity contribution is -0.124. The number of amides is 2. The Morgan fingerprint density at radius 2 is 2.08 bits per heavy atom. The third kappa shape index (κ3) is 7.01. The second kappa shape index (κ2) is 6.60. The SMILES string of the molecule is CNCCCC(=O)NCC(N)=O. The lowest BCUT2D eigenvalue weighted by Crippen LogP contribution is -2.33. The second-order valence-electron chi connectivity index (χ2n) is 2.45. The first-order valence-electron chi connectivity index (χ1n) is 3.86. The molecule has 0 saturated heterocycles. The largest absolute Gasteiger partial charge is 0.368 e. The molecular weight excluding hydrogens is 158 g/mol. The summed E-state index contributed by atoms with van der Waals surface area (Å²) in [5.41, 5.74) is 4.83. The van der Waals surface area contributed by atoms with Gasteiger partial charge in [-0.15, -0.1) is 0 Å². The standard InChI is InChI=1S/C7H15N3O2/c1-9-4-2-3-7(12)10-5-6(8)11/h9H,2-5H2,1H3,(H2,8,11)(H,10,12). The van der Waals surface area contributed by atoms with Crippen LogP contribution >= 0.6 is 0 Å². The van der Waals surface area contributed by atoms with Crippen LogP contribution in [-0.2, 0) is 9.59 Å². The Morgan fingerprint density at radius 1 is 1.42 bits per heavy atom. The molecule has 0 aliphatic rings. The first kappa shape index (κ1) is 10.9. The van der Waals surface area contributed by atoms with Crippen molar-refractivity contribution in [2.24, 2.45) is 5.73 Å². The Bertz CT molecular complexity index is 159. The van der Waals surface area contributed by atoms with Gasteiger partial charge in [-0.2, -0.15) is 0 Å². The average molecular weight is 173 g/mol. The van der Waals surface area contributed by atoms with Gasteiger partial charge in [0.15, 0.2) is 0 Å². The molecule has 0 saturated carbocycles. The molecule has 70 valence electrons. The van der Waals surface area contributed by atoms with Gasteiger partial charge in [-0.25, -0.2) is 0 Å². The summed E-state index contributed by atoms with van der Waals surface area (Å²) in [6.45, 7) is 0.725. The highest BCUT2D eigenvalue weighted by molar-refractivity contribution is 5.83. The molecule has 0 bridgehead atoms. The van der Waals surface area contributed by atoms with Crippen molar-refractivity contribution >= 4 is 11.8 Å². The summed E-state index contributed by atoms with van der Waals surface area (Å²) in [5, 5.41) is 5.32. The van der Waals surface area contributed by atoms with Gasteiger partial charge in [-0.05, 0) is 20.0 Å². The van der Waals surface area contributed by atoms with Gasteiger partial charge in [0.2, 0.25) is 11.8 Å². The Morgan fingerprint density at radius 3 is 2.58 bits per heavy atom. The zero-order valence-corrected chi connectivity index (χ0v) is 7.22. The van der Waals surface area contributed by atoms with Crippen LogP contribution in [0.25, 0.3) is 0 Å². The molecule has 12 heavy (non-hydrogen) atoms. The molecule has 4 N–H and O–H groups in total. The number of rotatable bonds is 6. The van der Waals surface area contributed by atoms with Crippen LogP contribution in [0.2, 0.25) is 0 Å². The van der Waals surface area contributed by atoms with Gasteiger partial charge >= 0.3 is 0 Å². The lowest BCUT2D eigenvalue weighted by atomic mass is 10.3. The van der Waals surface area contributed by atoms with Crippen molar-refractivity contribution in [1.29, 1.82) is 0 Å². The molecule has 5 nitrogen and oxygen atoms in total. The fraction of sp³-hybridized carbons (Fsp3) is 0.714. The number of carbonyl (C=O) groups is 2. The monoisotopic (exact) mass is 173 g/mol. The quantitative estimate of drug-likeness (QED) is 0.431. The van der Waals surface area contributed by atoms with E-state index in [-0.39, 0.29) is 12.5 Å². The summed E-state index contributed by atoms with van der Waals surface area (Å²) in [7, 11) is 1.82. The van der Waals surface area contributed by atoms with Gasteiger partial charge in [0.05, 0.1) is 6.54 Å². The molecule has 0 aliphatic heterocycles. The molecule has 5 heteroatoms. The third-order valence-corrected chi connectivity index (χ3v) is 1.29. The maximum atomic E-state index is 10.9. The van der Waals surface area contributed by atoms with Crippen molar-refractivity contribution < 1.29 is 9.59 Å². The number of carbonyl (C=O) groups excluding carboxylic acids is 2. The van der Waals surface area contributed by atoms with Crippen molar-refractivity contribution in [2.75, 3.05) is 20.1 Å². The Balaban J connectivity index is 3.28. The summed E-state index contributed by atoms with van der Waals surface area (Å²) in [5.74, 6) is -0.652. The van der Waals surface area contributed by atoms with E-state index in [1.165, 1.54) is 0 Å². The van der Waals surface area contributed by atoms with Crippen LogP contribution in [0.15, 0.2) is 0 Å². The molecule has 0 fully saturated rings. The van der Waals surface area contributed by atoms with Gasteiger partial charge in [0.1, 0.15) is 0 Å². The lowest BCUT2D eigenvalue weighted by Gasteiger charge is -2.01. The number of hydrogen-bond acceptors (Lipinski definition) is 3. The minimum Gasteiger partial charge on any atom is -0.368 e. The summed E-state index contributed by atoms with van der Waals surface area (Å²) in [6.07, 6.45) is 1.19. The first-order chi connectivity index (χ1) is 5.66. The predicted molar refractivity (Wildman–Crippen MR) is 45.4 cm³/mol. The van der Waals surface area contributed by atoms with E-state index < -0.39 is 5.91 Å². The van der Waals surface area contributed by atoms with Crippen LogP contribution in [0.3, 0.4) is 0 Å². The van der Waals surface area contributed by atoms with Crippen LogP contribution in [-0.4, -0.2) is 32.0 Å². The van der Waals surface area contributed by atoms with E-state index in [9.17, 15) is 9.59 Å². The van der Waals surface area contributed by atoms with Gasteiger partial charge in [0, 0.05) is 6.42 Å². The number of hydrogen-bond donors (Lipinski definition) is 3. The minimum absolute atomic E-state index is 0.0710. The van der Waals surface area contributed by atoms with Gasteiger partial charge in [-0.3, -0.25) is 9.59 Å².